The molecular weight excluding hydrogens is 254 g/mol. The van der Waals surface area contributed by atoms with Gasteiger partial charge in [0.1, 0.15) is 17.2 Å². The third-order valence-corrected chi connectivity index (χ3v) is 2.85. The van der Waals surface area contributed by atoms with E-state index in [0.29, 0.717) is 27.8 Å². The van der Waals surface area contributed by atoms with Crippen LogP contribution in [0.3, 0.4) is 0 Å². The number of halogens is 1. The molecule has 0 amide bonds. The zero-order valence-corrected chi connectivity index (χ0v) is 10.7. The van der Waals surface area contributed by atoms with Gasteiger partial charge in [-0.25, -0.2) is 9.97 Å². The molecule has 0 atom stereocenters. The SMILES string of the molecule is COc1cccc(-c2ncnc(N)c2Cl)c1OC. The van der Waals surface area contributed by atoms with Gasteiger partial charge in [0, 0.05) is 5.56 Å². The number of hydrogen-bond donors (Lipinski definition) is 1. The molecule has 0 saturated heterocycles. The van der Waals surface area contributed by atoms with Crippen molar-refractivity contribution in [3.05, 3.63) is 29.5 Å². The predicted octanol–water partition coefficient (Wildman–Crippen LogP) is 2.40. The van der Waals surface area contributed by atoms with Gasteiger partial charge in [-0.15, -0.1) is 0 Å². The number of nitrogen functional groups attached to an aromatic ring is 1. The molecule has 0 aliphatic heterocycles. The molecule has 94 valence electrons. The molecule has 0 fully saturated rings. The van der Waals surface area contributed by atoms with E-state index in [4.69, 9.17) is 26.8 Å². The van der Waals surface area contributed by atoms with Gasteiger partial charge in [0.05, 0.1) is 19.9 Å². The lowest BCUT2D eigenvalue weighted by molar-refractivity contribution is 0.356. The summed E-state index contributed by atoms with van der Waals surface area (Å²) in [6.45, 7) is 0. The third-order valence-electron chi connectivity index (χ3n) is 2.47. The van der Waals surface area contributed by atoms with Crippen LogP contribution < -0.4 is 15.2 Å². The molecule has 2 N–H and O–H groups in total. The lowest BCUT2D eigenvalue weighted by Crippen LogP contribution is -1.98. The number of ether oxygens (including phenoxy) is 2. The maximum absolute atomic E-state index is 6.11. The maximum atomic E-state index is 6.11. The average Bonchev–Trinajstić information content (AvgIpc) is 2.41. The summed E-state index contributed by atoms with van der Waals surface area (Å²) in [5.74, 6) is 1.38. The van der Waals surface area contributed by atoms with Crippen molar-refractivity contribution in [2.45, 2.75) is 0 Å². The van der Waals surface area contributed by atoms with E-state index in [0.717, 1.165) is 0 Å². The molecule has 1 heterocycles. The molecule has 5 nitrogen and oxygen atoms in total. The number of aromatic nitrogens is 2. The first-order valence-corrected chi connectivity index (χ1v) is 5.54. The Bertz CT molecular complexity index is 575. The van der Waals surface area contributed by atoms with Gasteiger partial charge < -0.3 is 15.2 Å². The highest BCUT2D eigenvalue weighted by molar-refractivity contribution is 6.35. The van der Waals surface area contributed by atoms with E-state index in [1.165, 1.54) is 6.33 Å². The minimum Gasteiger partial charge on any atom is -0.493 e. The van der Waals surface area contributed by atoms with E-state index in [9.17, 15) is 0 Å². The van der Waals surface area contributed by atoms with Gasteiger partial charge in [-0.2, -0.15) is 0 Å². The second kappa shape index (κ2) is 5.10. The van der Waals surface area contributed by atoms with Crippen LogP contribution in [-0.4, -0.2) is 24.2 Å². The molecule has 18 heavy (non-hydrogen) atoms. The smallest absolute Gasteiger partial charge is 0.170 e. The highest BCUT2D eigenvalue weighted by atomic mass is 35.5. The fourth-order valence-corrected chi connectivity index (χ4v) is 1.84. The Morgan fingerprint density at radius 1 is 1.17 bits per heavy atom. The second-order valence-electron chi connectivity index (χ2n) is 3.46. The standard InChI is InChI=1S/C12H12ClN3O2/c1-17-8-5-3-4-7(11(8)18-2)10-9(13)12(14)16-6-15-10/h3-6H,1-2H3,(H2,14,15,16). The highest BCUT2D eigenvalue weighted by Gasteiger charge is 2.16. The Balaban J connectivity index is 2.67. The van der Waals surface area contributed by atoms with E-state index < -0.39 is 0 Å². The third kappa shape index (κ3) is 2.04. The van der Waals surface area contributed by atoms with Crippen LogP contribution in [0.1, 0.15) is 0 Å². The van der Waals surface area contributed by atoms with Crippen LogP contribution in [-0.2, 0) is 0 Å². The number of anilines is 1. The number of para-hydroxylation sites is 1. The second-order valence-corrected chi connectivity index (χ2v) is 3.84. The van der Waals surface area contributed by atoms with Gasteiger partial charge in [0.25, 0.3) is 0 Å². The lowest BCUT2D eigenvalue weighted by atomic mass is 10.1. The van der Waals surface area contributed by atoms with Crippen molar-refractivity contribution in [1.29, 1.82) is 0 Å². The minimum absolute atomic E-state index is 0.228. The van der Waals surface area contributed by atoms with Crippen molar-refractivity contribution in [2.24, 2.45) is 0 Å². The average molecular weight is 266 g/mol. The van der Waals surface area contributed by atoms with Crippen LogP contribution >= 0.6 is 11.6 Å². The zero-order chi connectivity index (χ0) is 13.1. The van der Waals surface area contributed by atoms with Gasteiger partial charge in [-0.1, -0.05) is 17.7 Å². The van der Waals surface area contributed by atoms with Crippen LogP contribution in [0.25, 0.3) is 11.3 Å². The molecule has 1 aromatic heterocycles. The Kier molecular flexibility index (Phi) is 3.53. The van der Waals surface area contributed by atoms with E-state index in [2.05, 4.69) is 9.97 Å². The Morgan fingerprint density at radius 3 is 2.61 bits per heavy atom. The largest absolute Gasteiger partial charge is 0.493 e. The molecule has 0 aliphatic rings. The molecule has 6 heteroatoms. The van der Waals surface area contributed by atoms with Crippen molar-refractivity contribution in [1.82, 2.24) is 9.97 Å². The maximum Gasteiger partial charge on any atom is 0.170 e. The summed E-state index contributed by atoms with van der Waals surface area (Å²) < 4.78 is 10.6. The molecule has 0 saturated carbocycles. The number of nitrogens with zero attached hydrogens (tertiary/aromatic N) is 2. The molecule has 0 spiro atoms. The van der Waals surface area contributed by atoms with E-state index in [-0.39, 0.29) is 5.82 Å². The Hall–Kier alpha value is -2.01. The van der Waals surface area contributed by atoms with Crippen LogP contribution in [0.4, 0.5) is 5.82 Å². The summed E-state index contributed by atoms with van der Waals surface area (Å²) in [6.07, 6.45) is 1.36. The first-order chi connectivity index (χ1) is 8.69. The summed E-state index contributed by atoms with van der Waals surface area (Å²) in [7, 11) is 3.12. The predicted molar refractivity (Wildman–Crippen MR) is 70.0 cm³/mol. The summed E-state index contributed by atoms with van der Waals surface area (Å²) >= 11 is 6.11. The molecular formula is C12H12ClN3O2. The molecule has 2 rings (SSSR count). The highest BCUT2D eigenvalue weighted by Crippen LogP contribution is 2.40. The van der Waals surface area contributed by atoms with Gasteiger partial charge >= 0.3 is 0 Å². The molecule has 2 aromatic rings. The number of rotatable bonds is 3. The van der Waals surface area contributed by atoms with Gasteiger partial charge in [-0.05, 0) is 12.1 Å². The van der Waals surface area contributed by atoms with Crippen molar-refractivity contribution in [3.8, 4) is 22.8 Å². The molecule has 0 radical (unpaired) electrons. The number of methoxy groups -OCH3 is 2. The van der Waals surface area contributed by atoms with Crippen molar-refractivity contribution in [3.63, 3.8) is 0 Å². The first kappa shape index (κ1) is 12.4. The fraction of sp³-hybridized carbons (Fsp3) is 0.167. The Morgan fingerprint density at radius 2 is 1.94 bits per heavy atom. The minimum atomic E-state index is 0.228. The summed E-state index contributed by atoms with van der Waals surface area (Å²) in [5.41, 5.74) is 6.88. The first-order valence-electron chi connectivity index (χ1n) is 5.16. The topological polar surface area (TPSA) is 70.3 Å². The van der Waals surface area contributed by atoms with Crippen molar-refractivity contribution < 1.29 is 9.47 Å². The molecule has 0 unspecified atom stereocenters. The monoisotopic (exact) mass is 265 g/mol. The van der Waals surface area contributed by atoms with Crippen LogP contribution in [0.2, 0.25) is 5.02 Å². The van der Waals surface area contributed by atoms with Gasteiger partial charge in [0.2, 0.25) is 0 Å². The Labute approximate surface area is 110 Å². The molecule has 0 bridgehead atoms. The summed E-state index contributed by atoms with van der Waals surface area (Å²) in [6, 6.07) is 5.45. The number of benzene rings is 1. The number of nitrogens with two attached hydrogens (primary N) is 1. The molecule has 1 aromatic carbocycles. The van der Waals surface area contributed by atoms with Crippen molar-refractivity contribution >= 4 is 17.4 Å². The van der Waals surface area contributed by atoms with Crippen LogP contribution in [0, 0.1) is 0 Å². The van der Waals surface area contributed by atoms with Gasteiger partial charge in [-0.3, -0.25) is 0 Å². The quantitative estimate of drug-likeness (QED) is 0.923. The van der Waals surface area contributed by atoms with Gasteiger partial charge in [0.15, 0.2) is 11.5 Å². The van der Waals surface area contributed by atoms with E-state index in [1.54, 1.807) is 20.3 Å². The number of hydrogen-bond acceptors (Lipinski definition) is 5. The van der Waals surface area contributed by atoms with E-state index >= 15 is 0 Å². The summed E-state index contributed by atoms with van der Waals surface area (Å²) in [4.78, 5) is 7.96. The molecule has 0 aliphatic carbocycles. The summed E-state index contributed by atoms with van der Waals surface area (Å²) in [5, 5.41) is 0.295. The fourth-order valence-electron chi connectivity index (χ4n) is 1.64. The van der Waals surface area contributed by atoms with E-state index in [1.807, 2.05) is 12.1 Å². The van der Waals surface area contributed by atoms with Crippen LogP contribution in [0.5, 0.6) is 11.5 Å². The zero-order valence-electron chi connectivity index (χ0n) is 9.98. The van der Waals surface area contributed by atoms with Crippen LogP contribution in [0.15, 0.2) is 24.5 Å². The normalized spacial score (nSPS) is 10.2. The lowest BCUT2D eigenvalue weighted by Gasteiger charge is -2.13. The van der Waals surface area contributed by atoms with Crippen molar-refractivity contribution in [2.75, 3.05) is 20.0 Å².